The number of benzene rings is 1. The highest BCUT2D eigenvalue weighted by atomic mass is 79.9. The van der Waals surface area contributed by atoms with Gasteiger partial charge in [-0.05, 0) is 17.7 Å². The third-order valence-corrected chi connectivity index (χ3v) is 2.05. The monoisotopic (exact) mass is 290 g/mol. The molecule has 3 N–H and O–H groups in total. The minimum Gasteiger partial charge on any atom is -0.271 e. The van der Waals surface area contributed by atoms with Crippen molar-refractivity contribution in [1.82, 2.24) is 5.43 Å². The first-order chi connectivity index (χ1) is 5.24. The zero-order chi connectivity index (χ0) is 8.27. The van der Waals surface area contributed by atoms with Crippen LogP contribution in [0.15, 0.2) is 22.7 Å². The van der Waals surface area contributed by atoms with Crippen LogP contribution in [0.2, 0.25) is 0 Å². The van der Waals surface area contributed by atoms with E-state index in [1.807, 2.05) is 0 Å². The van der Waals surface area contributed by atoms with Gasteiger partial charge in [0.1, 0.15) is 5.82 Å². The van der Waals surface area contributed by atoms with Crippen LogP contribution in [0.25, 0.3) is 0 Å². The van der Waals surface area contributed by atoms with Crippen molar-refractivity contribution in [2.24, 2.45) is 5.84 Å². The van der Waals surface area contributed by atoms with Crippen molar-refractivity contribution in [1.29, 1.82) is 0 Å². The van der Waals surface area contributed by atoms with Gasteiger partial charge in [-0.15, -0.1) is 24.8 Å². The highest BCUT2D eigenvalue weighted by Gasteiger charge is 1.98. The van der Waals surface area contributed by atoms with Crippen LogP contribution in [-0.4, -0.2) is 0 Å². The van der Waals surface area contributed by atoms with Crippen molar-refractivity contribution in [3.05, 3.63) is 34.1 Å². The van der Waals surface area contributed by atoms with Crippen LogP contribution in [-0.2, 0) is 6.54 Å². The summed E-state index contributed by atoms with van der Waals surface area (Å²) < 4.78 is 13.2. The molecule has 0 fully saturated rings. The normalized spacial score (nSPS) is 8.54. The lowest BCUT2D eigenvalue weighted by atomic mass is 10.2. The smallest absolute Gasteiger partial charge is 0.124 e. The van der Waals surface area contributed by atoms with Crippen LogP contribution in [0.4, 0.5) is 4.39 Å². The third-order valence-electron chi connectivity index (χ3n) is 1.31. The molecule has 13 heavy (non-hydrogen) atoms. The second-order valence-corrected chi connectivity index (χ2v) is 2.97. The standard InChI is InChI=1S/C7H8BrFN2.2ClH/c8-7-3-6(9)2-1-5(7)4-11-10;;/h1-3,11H,4,10H2;2*1H. The maximum absolute atomic E-state index is 12.5. The molecule has 0 aliphatic carbocycles. The van der Waals surface area contributed by atoms with Crippen LogP contribution >= 0.6 is 40.7 Å². The molecule has 1 aromatic rings. The van der Waals surface area contributed by atoms with Crippen LogP contribution in [0, 0.1) is 5.82 Å². The van der Waals surface area contributed by atoms with E-state index in [0.29, 0.717) is 6.54 Å². The lowest BCUT2D eigenvalue weighted by Gasteiger charge is -2.01. The molecule has 0 aliphatic rings. The number of nitrogens with two attached hydrogens (primary N) is 1. The fraction of sp³-hybridized carbons (Fsp3) is 0.143. The molecule has 0 aliphatic heterocycles. The molecule has 0 unspecified atom stereocenters. The van der Waals surface area contributed by atoms with Crippen LogP contribution in [0.1, 0.15) is 5.56 Å². The molecule has 1 aromatic carbocycles. The Morgan fingerprint density at radius 2 is 2.00 bits per heavy atom. The van der Waals surface area contributed by atoms with Crippen molar-refractivity contribution in [3.8, 4) is 0 Å². The maximum atomic E-state index is 12.5. The van der Waals surface area contributed by atoms with Gasteiger partial charge < -0.3 is 0 Å². The second kappa shape index (κ2) is 7.53. The van der Waals surface area contributed by atoms with E-state index >= 15 is 0 Å². The topological polar surface area (TPSA) is 38.0 Å². The molecule has 0 spiro atoms. The van der Waals surface area contributed by atoms with E-state index in [1.165, 1.54) is 12.1 Å². The summed E-state index contributed by atoms with van der Waals surface area (Å²) in [5.74, 6) is 4.85. The van der Waals surface area contributed by atoms with E-state index < -0.39 is 0 Å². The third kappa shape index (κ3) is 4.78. The maximum Gasteiger partial charge on any atom is 0.124 e. The highest BCUT2D eigenvalue weighted by Crippen LogP contribution is 2.17. The fourth-order valence-electron chi connectivity index (χ4n) is 0.775. The molecule has 0 amide bonds. The first-order valence-corrected chi connectivity index (χ1v) is 3.90. The number of hydrogen-bond acceptors (Lipinski definition) is 2. The Balaban J connectivity index is 0. The molecular weight excluding hydrogens is 282 g/mol. The van der Waals surface area contributed by atoms with E-state index in [9.17, 15) is 4.39 Å². The lowest BCUT2D eigenvalue weighted by Crippen LogP contribution is -2.21. The molecule has 0 radical (unpaired) electrons. The Morgan fingerprint density at radius 1 is 1.38 bits per heavy atom. The summed E-state index contributed by atoms with van der Waals surface area (Å²) in [6, 6.07) is 4.49. The fourth-order valence-corrected chi connectivity index (χ4v) is 1.27. The molecule has 0 saturated heterocycles. The Hall–Kier alpha value is 0.130. The Kier molecular flexibility index (Phi) is 9.03. The van der Waals surface area contributed by atoms with Gasteiger partial charge in [0.15, 0.2) is 0 Å². The molecule has 6 heteroatoms. The van der Waals surface area contributed by atoms with Crippen LogP contribution in [0.3, 0.4) is 0 Å². The second-order valence-electron chi connectivity index (χ2n) is 2.12. The predicted molar refractivity (Wildman–Crippen MR) is 59.6 cm³/mol. The average molecular weight is 292 g/mol. The molecule has 0 aromatic heterocycles. The van der Waals surface area contributed by atoms with Crippen molar-refractivity contribution in [2.75, 3.05) is 0 Å². The number of hydrogen-bond donors (Lipinski definition) is 2. The van der Waals surface area contributed by atoms with Gasteiger partial charge in [0.2, 0.25) is 0 Å². The number of nitrogens with one attached hydrogen (secondary N) is 1. The summed E-state index contributed by atoms with van der Waals surface area (Å²) in [5.41, 5.74) is 3.43. The molecule has 0 saturated carbocycles. The van der Waals surface area contributed by atoms with E-state index in [4.69, 9.17) is 5.84 Å². The largest absolute Gasteiger partial charge is 0.271 e. The van der Waals surface area contributed by atoms with E-state index in [0.717, 1.165) is 10.0 Å². The molecule has 1 rings (SSSR count). The van der Waals surface area contributed by atoms with Crippen molar-refractivity contribution >= 4 is 40.7 Å². The van der Waals surface area contributed by atoms with Gasteiger partial charge >= 0.3 is 0 Å². The summed E-state index contributed by atoms with van der Waals surface area (Å²) >= 11 is 3.21. The van der Waals surface area contributed by atoms with Gasteiger partial charge in [0.05, 0.1) is 0 Å². The Labute approximate surface area is 97.0 Å². The van der Waals surface area contributed by atoms with Gasteiger partial charge in [-0.3, -0.25) is 11.3 Å². The Morgan fingerprint density at radius 3 is 2.46 bits per heavy atom. The SMILES string of the molecule is Cl.Cl.NNCc1ccc(F)cc1Br. The van der Waals surface area contributed by atoms with Gasteiger partial charge in [-0.1, -0.05) is 22.0 Å². The quantitative estimate of drug-likeness (QED) is 0.649. The van der Waals surface area contributed by atoms with Gasteiger partial charge in [-0.25, -0.2) is 4.39 Å². The molecule has 0 bridgehead atoms. The number of rotatable bonds is 2. The van der Waals surface area contributed by atoms with Crippen molar-refractivity contribution in [2.45, 2.75) is 6.54 Å². The first kappa shape index (κ1) is 15.6. The van der Waals surface area contributed by atoms with Crippen LogP contribution in [0.5, 0.6) is 0 Å². The number of hydrazine groups is 1. The summed E-state index contributed by atoms with van der Waals surface area (Å²) in [6.45, 7) is 0.529. The highest BCUT2D eigenvalue weighted by molar-refractivity contribution is 9.10. The average Bonchev–Trinajstić information content (AvgIpc) is 1.95. The molecule has 2 nitrogen and oxygen atoms in total. The predicted octanol–water partition coefficient (Wildman–Crippen LogP) is 2.40. The van der Waals surface area contributed by atoms with E-state index in [1.54, 1.807) is 6.07 Å². The summed E-state index contributed by atoms with van der Waals surface area (Å²) in [7, 11) is 0. The number of halogens is 4. The minimum atomic E-state index is -0.252. The van der Waals surface area contributed by atoms with Crippen molar-refractivity contribution in [3.63, 3.8) is 0 Å². The van der Waals surface area contributed by atoms with Crippen LogP contribution < -0.4 is 11.3 Å². The molecule has 0 heterocycles. The molecule has 76 valence electrons. The summed E-state index contributed by atoms with van der Waals surface area (Å²) in [6.07, 6.45) is 0. The summed E-state index contributed by atoms with van der Waals surface area (Å²) in [4.78, 5) is 0. The summed E-state index contributed by atoms with van der Waals surface area (Å²) in [5, 5.41) is 0. The zero-order valence-electron chi connectivity index (χ0n) is 6.59. The first-order valence-electron chi connectivity index (χ1n) is 3.11. The van der Waals surface area contributed by atoms with Gasteiger partial charge in [0.25, 0.3) is 0 Å². The van der Waals surface area contributed by atoms with Gasteiger partial charge in [0, 0.05) is 11.0 Å². The van der Waals surface area contributed by atoms with Gasteiger partial charge in [-0.2, -0.15) is 0 Å². The lowest BCUT2D eigenvalue weighted by molar-refractivity contribution is 0.624. The van der Waals surface area contributed by atoms with E-state index in [-0.39, 0.29) is 30.6 Å². The minimum absolute atomic E-state index is 0. The Bertz CT molecular complexity index is 260. The molecular formula is C7H10BrCl2FN2. The van der Waals surface area contributed by atoms with Crippen molar-refractivity contribution < 1.29 is 4.39 Å². The van der Waals surface area contributed by atoms with E-state index in [2.05, 4.69) is 21.4 Å². The zero-order valence-corrected chi connectivity index (χ0v) is 9.81. The molecule has 0 atom stereocenters.